The van der Waals surface area contributed by atoms with Crippen molar-refractivity contribution >= 4 is 0 Å². The van der Waals surface area contributed by atoms with Crippen LogP contribution in [0.15, 0.2) is 0 Å². The predicted molar refractivity (Wildman–Crippen MR) is 81.7 cm³/mol. The largest absolute Gasteiger partial charge is 0.307 e. The van der Waals surface area contributed by atoms with Gasteiger partial charge in [0.1, 0.15) is 5.82 Å². The number of aromatic nitrogens is 2. The van der Waals surface area contributed by atoms with Crippen LogP contribution in [-0.2, 0) is 13.1 Å². The van der Waals surface area contributed by atoms with Gasteiger partial charge in [-0.1, -0.05) is 40.0 Å². The molecule has 0 aromatic carbocycles. The van der Waals surface area contributed by atoms with Gasteiger partial charge < -0.3 is 5.32 Å². The number of hydrogen-bond acceptors (Lipinski definition) is 3. The molecular weight excluding hydrogens is 246 g/mol. The summed E-state index contributed by atoms with van der Waals surface area (Å²) in [5.41, 5.74) is 3.91. The van der Waals surface area contributed by atoms with Gasteiger partial charge in [0.25, 0.3) is 0 Å². The average molecular weight is 273 g/mol. The Kier molecular flexibility index (Phi) is 4.06. The van der Waals surface area contributed by atoms with Gasteiger partial charge in [0.15, 0.2) is 0 Å². The first kappa shape index (κ1) is 14.0. The minimum atomic E-state index is 0.496. The molecule has 2 aliphatic rings. The van der Waals surface area contributed by atoms with E-state index >= 15 is 0 Å². The maximum absolute atomic E-state index is 4.99. The molecule has 1 aromatic heterocycles. The maximum Gasteiger partial charge on any atom is 0.132 e. The molecule has 2 heterocycles. The zero-order chi connectivity index (χ0) is 14.1. The van der Waals surface area contributed by atoms with E-state index in [4.69, 9.17) is 9.97 Å². The molecule has 20 heavy (non-hydrogen) atoms. The lowest BCUT2D eigenvalue weighted by Crippen LogP contribution is -2.18. The zero-order valence-corrected chi connectivity index (χ0v) is 13.1. The molecule has 0 radical (unpaired) electrons. The van der Waals surface area contributed by atoms with E-state index in [1.807, 2.05) is 0 Å². The second-order valence-electron chi connectivity index (χ2n) is 6.79. The Morgan fingerprint density at radius 3 is 2.80 bits per heavy atom. The highest BCUT2D eigenvalue weighted by Crippen LogP contribution is 2.37. The van der Waals surface area contributed by atoms with Gasteiger partial charge in [0, 0.05) is 24.6 Å². The Morgan fingerprint density at radius 2 is 2.05 bits per heavy atom. The van der Waals surface area contributed by atoms with Crippen molar-refractivity contribution in [2.24, 2.45) is 5.92 Å². The van der Waals surface area contributed by atoms with Crippen LogP contribution in [0.3, 0.4) is 0 Å². The highest BCUT2D eigenvalue weighted by molar-refractivity contribution is 5.31. The molecule has 1 fully saturated rings. The molecule has 1 N–H and O–H groups in total. The SMILES string of the molecule is CCC1CCCC(c2nc3c(c(C(C)C)n2)CNC3)C1. The standard InChI is InChI=1S/C17H27N3/c1-4-12-6-5-7-13(8-12)17-19-15-10-18-9-14(15)16(20-17)11(2)3/h11-13,18H,4-10H2,1-3H3. The van der Waals surface area contributed by atoms with Crippen molar-refractivity contribution in [2.45, 2.75) is 77.8 Å². The highest BCUT2D eigenvalue weighted by atomic mass is 15.0. The van der Waals surface area contributed by atoms with Crippen molar-refractivity contribution < 1.29 is 0 Å². The van der Waals surface area contributed by atoms with E-state index in [9.17, 15) is 0 Å². The quantitative estimate of drug-likeness (QED) is 0.908. The van der Waals surface area contributed by atoms with E-state index in [1.54, 1.807) is 0 Å². The summed E-state index contributed by atoms with van der Waals surface area (Å²) in [6.45, 7) is 8.70. The average Bonchev–Trinajstić information content (AvgIpc) is 2.94. The summed E-state index contributed by atoms with van der Waals surface area (Å²) >= 11 is 0. The Labute approximate surface area is 122 Å². The zero-order valence-electron chi connectivity index (χ0n) is 13.1. The van der Waals surface area contributed by atoms with E-state index in [0.717, 1.165) is 24.8 Å². The Balaban J connectivity index is 1.92. The van der Waals surface area contributed by atoms with Gasteiger partial charge in [0.2, 0.25) is 0 Å². The third-order valence-electron chi connectivity index (χ3n) is 5.01. The van der Waals surface area contributed by atoms with Gasteiger partial charge >= 0.3 is 0 Å². The van der Waals surface area contributed by atoms with Gasteiger partial charge in [-0.2, -0.15) is 0 Å². The van der Waals surface area contributed by atoms with Gasteiger partial charge in [-0.25, -0.2) is 9.97 Å². The van der Waals surface area contributed by atoms with Crippen LogP contribution < -0.4 is 5.32 Å². The lowest BCUT2D eigenvalue weighted by atomic mass is 9.79. The van der Waals surface area contributed by atoms with E-state index < -0.39 is 0 Å². The first-order valence-corrected chi connectivity index (χ1v) is 8.29. The second-order valence-corrected chi connectivity index (χ2v) is 6.79. The summed E-state index contributed by atoms with van der Waals surface area (Å²) < 4.78 is 0. The summed E-state index contributed by atoms with van der Waals surface area (Å²) in [6.07, 6.45) is 6.62. The number of rotatable bonds is 3. The normalized spacial score (nSPS) is 26.0. The summed E-state index contributed by atoms with van der Waals surface area (Å²) in [4.78, 5) is 9.90. The van der Waals surface area contributed by atoms with E-state index in [1.165, 1.54) is 49.1 Å². The number of nitrogens with one attached hydrogen (secondary N) is 1. The summed E-state index contributed by atoms with van der Waals surface area (Å²) in [5.74, 6) is 3.11. The smallest absolute Gasteiger partial charge is 0.132 e. The molecular formula is C17H27N3. The molecule has 3 heteroatoms. The van der Waals surface area contributed by atoms with Gasteiger partial charge in [-0.15, -0.1) is 0 Å². The lowest BCUT2D eigenvalue weighted by molar-refractivity contribution is 0.306. The minimum Gasteiger partial charge on any atom is -0.307 e. The van der Waals surface area contributed by atoms with Crippen molar-refractivity contribution in [3.8, 4) is 0 Å². The van der Waals surface area contributed by atoms with Crippen LogP contribution in [0.4, 0.5) is 0 Å². The van der Waals surface area contributed by atoms with Crippen molar-refractivity contribution in [3.63, 3.8) is 0 Å². The van der Waals surface area contributed by atoms with Crippen LogP contribution in [0.1, 0.15) is 87.5 Å². The topological polar surface area (TPSA) is 37.8 Å². The fraction of sp³-hybridized carbons (Fsp3) is 0.765. The predicted octanol–water partition coefficient (Wildman–Crippen LogP) is 3.89. The van der Waals surface area contributed by atoms with Gasteiger partial charge in [-0.3, -0.25) is 0 Å². The Hall–Kier alpha value is -0.960. The molecule has 3 nitrogen and oxygen atoms in total. The molecule has 0 saturated heterocycles. The van der Waals surface area contributed by atoms with Crippen molar-refractivity contribution in [1.29, 1.82) is 0 Å². The van der Waals surface area contributed by atoms with E-state index in [0.29, 0.717) is 11.8 Å². The van der Waals surface area contributed by atoms with Gasteiger partial charge in [-0.05, 0) is 24.7 Å². The van der Waals surface area contributed by atoms with E-state index in [-0.39, 0.29) is 0 Å². The van der Waals surface area contributed by atoms with Crippen molar-refractivity contribution in [2.75, 3.05) is 0 Å². The number of fused-ring (bicyclic) bond motifs is 1. The molecule has 110 valence electrons. The summed E-state index contributed by atoms with van der Waals surface area (Å²) in [7, 11) is 0. The fourth-order valence-electron chi connectivity index (χ4n) is 3.77. The van der Waals surface area contributed by atoms with Crippen LogP contribution in [-0.4, -0.2) is 9.97 Å². The number of nitrogens with zero attached hydrogens (tertiary/aromatic N) is 2. The van der Waals surface area contributed by atoms with Gasteiger partial charge in [0.05, 0.1) is 11.4 Å². The molecule has 2 atom stereocenters. The second kappa shape index (κ2) is 5.80. The third-order valence-corrected chi connectivity index (χ3v) is 5.01. The molecule has 1 aromatic rings. The summed E-state index contributed by atoms with van der Waals surface area (Å²) in [5, 5.41) is 3.43. The molecule has 0 bridgehead atoms. The minimum absolute atomic E-state index is 0.496. The summed E-state index contributed by atoms with van der Waals surface area (Å²) in [6, 6.07) is 0. The molecule has 3 rings (SSSR count). The third kappa shape index (κ3) is 2.60. The lowest BCUT2D eigenvalue weighted by Gasteiger charge is -2.28. The molecule has 1 aliphatic heterocycles. The van der Waals surface area contributed by atoms with Crippen LogP contribution in [0.5, 0.6) is 0 Å². The molecule has 2 unspecified atom stereocenters. The molecule has 0 amide bonds. The van der Waals surface area contributed by atoms with E-state index in [2.05, 4.69) is 26.1 Å². The Bertz CT molecular complexity index is 481. The molecule has 0 spiro atoms. The molecule has 1 aliphatic carbocycles. The monoisotopic (exact) mass is 273 g/mol. The highest BCUT2D eigenvalue weighted by Gasteiger charge is 2.27. The van der Waals surface area contributed by atoms with Crippen LogP contribution in [0.2, 0.25) is 0 Å². The van der Waals surface area contributed by atoms with Crippen LogP contribution >= 0.6 is 0 Å². The first-order chi connectivity index (χ1) is 9.69. The van der Waals surface area contributed by atoms with Crippen LogP contribution in [0.25, 0.3) is 0 Å². The fourth-order valence-corrected chi connectivity index (χ4v) is 3.77. The Morgan fingerprint density at radius 1 is 1.20 bits per heavy atom. The van der Waals surface area contributed by atoms with Crippen LogP contribution in [0, 0.1) is 5.92 Å². The number of hydrogen-bond donors (Lipinski definition) is 1. The van der Waals surface area contributed by atoms with Crippen molar-refractivity contribution in [3.05, 3.63) is 22.8 Å². The van der Waals surface area contributed by atoms with Crippen molar-refractivity contribution in [1.82, 2.24) is 15.3 Å². The maximum atomic E-state index is 4.99. The molecule has 1 saturated carbocycles. The first-order valence-electron chi connectivity index (χ1n) is 8.29.